The number of hydrogen-bond acceptors (Lipinski definition) is 7. The maximum atomic E-state index is 12.7. The Bertz CT molecular complexity index is 797. The van der Waals surface area contributed by atoms with Gasteiger partial charge < -0.3 is 20.6 Å². The van der Waals surface area contributed by atoms with Gasteiger partial charge in [-0.3, -0.25) is 18.6 Å². The maximum absolute atomic E-state index is 12.7. The van der Waals surface area contributed by atoms with Gasteiger partial charge in [-0.1, -0.05) is 63.4 Å². The summed E-state index contributed by atoms with van der Waals surface area (Å²) < 4.78 is 21.8. The van der Waals surface area contributed by atoms with Crippen molar-refractivity contribution in [2.75, 3.05) is 13.5 Å². The zero-order valence-electron chi connectivity index (χ0n) is 19.4. The van der Waals surface area contributed by atoms with Crippen molar-refractivity contribution in [2.24, 2.45) is 5.92 Å². The Morgan fingerprint density at radius 1 is 1.15 bits per heavy atom. The number of carboxylic acid groups (broad SMARTS) is 1. The van der Waals surface area contributed by atoms with E-state index in [9.17, 15) is 23.8 Å². The van der Waals surface area contributed by atoms with Gasteiger partial charge in [-0.15, -0.1) is 0 Å². The summed E-state index contributed by atoms with van der Waals surface area (Å²) in [7, 11) is -4.46. The van der Waals surface area contributed by atoms with Gasteiger partial charge >= 0.3 is 13.9 Å². The third-order valence-electron chi connectivity index (χ3n) is 4.93. The average molecular weight is 503 g/mol. The van der Waals surface area contributed by atoms with Gasteiger partial charge in [0.15, 0.2) is 6.79 Å². The molecule has 0 aliphatic rings. The van der Waals surface area contributed by atoms with Crippen molar-refractivity contribution >= 4 is 26.2 Å². The molecule has 1 aromatic rings. The standard InChI is InChI=1S/C21H34N3O9P/c1-3-5-7-12-18(20(26)22-14-23-21(27)28)19(4-2)24(15-25)31-16-33-34(29,30)32-13-17-10-8-6-9-11-17/h6,8-11,15,18-19,23H,3-5,7,12-14,16H2,1-2H3,(H,22,26)(H,27,28)(H,29,30). The number of carbonyl (C=O) groups is 3. The molecule has 1 rings (SSSR count). The van der Waals surface area contributed by atoms with E-state index in [0.717, 1.165) is 17.9 Å². The van der Waals surface area contributed by atoms with Crippen molar-refractivity contribution in [1.82, 2.24) is 15.7 Å². The highest BCUT2D eigenvalue weighted by Gasteiger charge is 2.32. The SMILES string of the molecule is CCCCCC(C(=O)NCNC(=O)O)C(CC)N(C=O)OCOP(=O)(O)OCc1ccccc1. The number of carbonyl (C=O) groups excluding carboxylic acids is 2. The van der Waals surface area contributed by atoms with Crippen LogP contribution in [0.4, 0.5) is 4.79 Å². The van der Waals surface area contributed by atoms with Crippen LogP contribution < -0.4 is 10.6 Å². The summed E-state index contributed by atoms with van der Waals surface area (Å²) in [5.74, 6) is -1.15. The van der Waals surface area contributed by atoms with E-state index in [-0.39, 0.29) is 13.3 Å². The summed E-state index contributed by atoms with van der Waals surface area (Å²) in [6.45, 7) is 2.55. The Hall–Kier alpha value is -2.50. The molecule has 0 aromatic heterocycles. The van der Waals surface area contributed by atoms with E-state index in [1.807, 2.05) is 6.92 Å². The van der Waals surface area contributed by atoms with Gasteiger partial charge in [0.25, 0.3) is 0 Å². The lowest BCUT2D eigenvalue weighted by Gasteiger charge is -2.32. The Morgan fingerprint density at radius 3 is 2.44 bits per heavy atom. The molecule has 0 aliphatic heterocycles. The van der Waals surface area contributed by atoms with E-state index in [0.29, 0.717) is 31.2 Å². The third-order valence-corrected chi connectivity index (χ3v) is 5.81. The molecule has 0 fully saturated rings. The Labute approximate surface area is 199 Å². The Balaban J connectivity index is 2.72. The van der Waals surface area contributed by atoms with Crippen LogP contribution in [0.1, 0.15) is 51.5 Å². The van der Waals surface area contributed by atoms with Gasteiger partial charge in [-0.05, 0) is 18.4 Å². The van der Waals surface area contributed by atoms with Crippen molar-refractivity contribution in [3.8, 4) is 0 Å². The fourth-order valence-corrected chi connectivity index (χ4v) is 3.78. The number of unbranched alkanes of at least 4 members (excludes halogenated alkanes) is 2. The van der Waals surface area contributed by atoms with E-state index >= 15 is 0 Å². The summed E-state index contributed by atoms with van der Waals surface area (Å²) in [5, 5.41) is 14.1. The minimum atomic E-state index is -4.46. The number of amides is 3. The van der Waals surface area contributed by atoms with Crippen LogP contribution in [0.25, 0.3) is 0 Å². The van der Waals surface area contributed by atoms with Crippen molar-refractivity contribution < 1.29 is 42.8 Å². The summed E-state index contributed by atoms with van der Waals surface area (Å²) in [5.41, 5.74) is 0.667. The van der Waals surface area contributed by atoms with Gasteiger partial charge in [0, 0.05) is 0 Å². The average Bonchev–Trinajstić information content (AvgIpc) is 2.81. The Morgan fingerprint density at radius 2 is 1.85 bits per heavy atom. The number of phosphoric ester groups is 1. The molecule has 0 spiro atoms. The van der Waals surface area contributed by atoms with Crippen molar-refractivity contribution in [3.63, 3.8) is 0 Å². The lowest BCUT2D eigenvalue weighted by molar-refractivity contribution is -0.221. The van der Waals surface area contributed by atoms with Crippen LogP contribution in [0.5, 0.6) is 0 Å². The summed E-state index contributed by atoms with van der Waals surface area (Å²) in [6, 6.07) is 8.01. The van der Waals surface area contributed by atoms with Crippen LogP contribution in [-0.4, -0.2) is 53.0 Å². The molecule has 0 saturated carbocycles. The predicted molar refractivity (Wildman–Crippen MR) is 122 cm³/mol. The first-order chi connectivity index (χ1) is 16.2. The number of rotatable bonds is 18. The van der Waals surface area contributed by atoms with E-state index < -0.39 is 38.6 Å². The molecule has 1 aromatic carbocycles. The fraction of sp³-hybridized carbons (Fsp3) is 0.571. The van der Waals surface area contributed by atoms with E-state index in [1.54, 1.807) is 37.3 Å². The van der Waals surface area contributed by atoms with E-state index in [4.69, 9.17) is 19.0 Å². The number of nitrogens with one attached hydrogen (secondary N) is 2. The summed E-state index contributed by atoms with van der Waals surface area (Å²) in [6.07, 6.45) is 2.33. The van der Waals surface area contributed by atoms with Gasteiger partial charge in [0.2, 0.25) is 12.3 Å². The number of hydroxylamine groups is 2. The van der Waals surface area contributed by atoms with Gasteiger partial charge in [0.05, 0.1) is 25.2 Å². The predicted octanol–water partition coefficient (Wildman–Crippen LogP) is 2.98. The zero-order chi connectivity index (χ0) is 25.4. The first-order valence-corrected chi connectivity index (χ1v) is 12.5. The molecule has 13 heteroatoms. The number of hydrogen-bond donors (Lipinski definition) is 4. The molecule has 3 atom stereocenters. The van der Waals surface area contributed by atoms with Crippen LogP contribution in [0.3, 0.4) is 0 Å². The molecule has 0 aliphatic carbocycles. The van der Waals surface area contributed by atoms with Gasteiger partial charge in [-0.2, -0.15) is 0 Å². The topological polar surface area (TPSA) is 164 Å². The van der Waals surface area contributed by atoms with Crippen molar-refractivity contribution in [1.29, 1.82) is 0 Å². The van der Waals surface area contributed by atoms with Crippen molar-refractivity contribution in [2.45, 2.75) is 58.6 Å². The van der Waals surface area contributed by atoms with Crippen LogP contribution in [-0.2, 0) is 34.6 Å². The number of nitrogens with zero attached hydrogens (tertiary/aromatic N) is 1. The zero-order valence-corrected chi connectivity index (χ0v) is 20.3. The molecule has 0 radical (unpaired) electrons. The van der Waals surface area contributed by atoms with Gasteiger partial charge in [-0.25, -0.2) is 19.3 Å². The monoisotopic (exact) mass is 503 g/mol. The maximum Gasteiger partial charge on any atom is 0.474 e. The Kier molecular flexibility index (Phi) is 14.1. The molecular weight excluding hydrogens is 469 g/mol. The highest BCUT2D eigenvalue weighted by atomic mass is 31.2. The second-order valence-electron chi connectivity index (χ2n) is 7.35. The lowest BCUT2D eigenvalue weighted by atomic mass is 9.90. The lowest BCUT2D eigenvalue weighted by Crippen LogP contribution is -2.48. The summed E-state index contributed by atoms with van der Waals surface area (Å²) in [4.78, 5) is 50.1. The van der Waals surface area contributed by atoms with E-state index in [2.05, 4.69) is 10.6 Å². The molecular formula is C21H34N3O9P. The van der Waals surface area contributed by atoms with Crippen LogP contribution in [0.2, 0.25) is 0 Å². The van der Waals surface area contributed by atoms with Crippen molar-refractivity contribution in [3.05, 3.63) is 35.9 Å². The second kappa shape index (κ2) is 16.2. The number of phosphoric acid groups is 1. The molecule has 192 valence electrons. The van der Waals surface area contributed by atoms with E-state index in [1.165, 1.54) is 0 Å². The molecule has 0 bridgehead atoms. The quantitative estimate of drug-likeness (QED) is 0.0775. The first kappa shape index (κ1) is 29.5. The molecule has 0 heterocycles. The molecule has 0 saturated heterocycles. The number of benzene rings is 1. The minimum absolute atomic E-state index is 0.159. The molecule has 34 heavy (non-hydrogen) atoms. The minimum Gasteiger partial charge on any atom is -0.465 e. The smallest absolute Gasteiger partial charge is 0.465 e. The molecule has 4 N–H and O–H groups in total. The van der Waals surface area contributed by atoms with Gasteiger partial charge in [0.1, 0.15) is 0 Å². The normalized spacial score (nSPS) is 14.4. The first-order valence-electron chi connectivity index (χ1n) is 11.0. The molecule has 12 nitrogen and oxygen atoms in total. The third kappa shape index (κ3) is 11.6. The highest BCUT2D eigenvalue weighted by Crippen LogP contribution is 2.44. The highest BCUT2D eigenvalue weighted by molar-refractivity contribution is 7.47. The fourth-order valence-electron chi connectivity index (χ4n) is 3.22. The van der Waals surface area contributed by atoms with Crippen LogP contribution in [0.15, 0.2) is 30.3 Å². The largest absolute Gasteiger partial charge is 0.474 e. The van der Waals surface area contributed by atoms with Crippen LogP contribution >= 0.6 is 7.82 Å². The summed E-state index contributed by atoms with van der Waals surface area (Å²) >= 11 is 0. The second-order valence-corrected chi connectivity index (χ2v) is 8.80. The van der Waals surface area contributed by atoms with Crippen LogP contribution in [0, 0.1) is 5.92 Å². The molecule has 3 unspecified atom stereocenters. The molecule has 3 amide bonds.